The van der Waals surface area contributed by atoms with E-state index in [2.05, 4.69) is 56.1 Å². The van der Waals surface area contributed by atoms with Crippen molar-refractivity contribution in [1.82, 2.24) is 4.98 Å². The predicted octanol–water partition coefficient (Wildman–Crippen LogP) is 3.54. The third-order valence-corrected chi connectivity index (χ3v) is 3.32. The number of pyridine rings is 1. The van der Waals surface area contributed by atoms with Crippen molar-refractivity contribution in [2.24, 2.45) is 0 Å². The topological polar surface area (TPSA) is 16.1 Å². The molecular formula is C13H11BrN2. The Labute approximate surface area is 103 Å². The van der Waals surface area contributed by atoms with Crippen LogP contribution in [0.4, 0.5) is 11.4 Å². The second kappa shape index (κ2) is 3.91. The zero-order valence-electron chi connectivity index (χ0n) is 8.73. The highest BCUT2D eigenvalue weighted by Crippen LogP contribution is 2.34. The number of aromatic nitrogens is 1. The van der Waals surface area contributed by atoms with Gasteiger partial charge in [-0.3, -0.25) is 4.98 Å². The van der Waals surface area contributed by atoms with Gasteiger partial charge in [-0.15, -0.1) is 0 Å². The van der Waals surface area contributed by atoms with E-state index in [0.717, 1.165) is 23.1 Å². The van der Waals surface area contributed by atoms with Crippen molar-refractivity contribution in [3.63, 3.8) is 0 Å². The zero-order valence-corrected chi connectivity index (χ0v) is 10.3. The molecular weight excluding hydrogens is 264 g/mol. The van der Waals surface area contributed by atoms with Gasteiger partial charge in [0, 0.05) is 22.9 Å². The molecule has 1 aliphatic heterocycles. The number of nitrogens with zero attached hydrogens (tertiary/aromatic N) is 2. The van der Waals surface area contributed by atoms with Crippen LogP contribution >= 0.6 is 15.9 Å². The SMILES string of the molecule is Brc1cncc(N2CCc3ccccc32)c1. The Morgan fingerprint density at radius 2 is 2.06 bits per heavy atom. The Kier molecular flexibility index (Phi) is 2.40. The Balaban J connectivity index is 2.05. The van der Waals surface area contributed by atoms with Crippen molar-refractivity contribution >= 4 is 27.3 Å². The second-order valence-electron chi connectivity index (χ2n) is 3.89. The Hall–Kier alpha value is -1.35. The fourth-order valence-electron chi connectivity index (χ4n) is 2.15. The summed E-state index contributed by atoms with van der Waals surface area (Å²) in [5.74, 6) is 0. The predicted molar refractivity (Wildman–Crippen MR) is 69.1 cm³/mol. The lowest BCUT2D eigenvalue weighted by atomic mass is 10.2. The quantitative estimate of drug-likeness (QED) is 0.791. The Morgan fingerprint density at radius 3 is 2.94 bits per heavy atom. The molecule has 2 aromatic rings. The van der Waals surface area contributed by atoms with E-state index in [-0.39, 0.29) is 0 Å². The second-order valence-corrected chi connectivity index (χ2v) is 4.81. The normalized spacial score (nSPS) is 13.9. The first kappa shape index (κ1) is 9.85. The molecule has 1 aromatic carbocycles. The Bertz CT molecular complexity index is 525. The van der Waals surface area contributed by atoms with Gasteiger partial charge in [-0.1, -0.05) is 18.2 Å². The van der Waals surface area contributed by atoms with Crippen LogP contribution in [0.2, 0.25) is 0 Å². The van der Waals surface area contributed by atoms with Gasteiger partial charge in [-0.05, 0) is 40.0 Å². The molecule has 0 unspecified atom stereocenters. The summed E-state index contributed by atoms with van der Waals surface area (Å²) in [7, 11) is 0. The Morgan fingerprint density at radius 1 is 1.19 bits per heavy atom. The fraction of sp³-hybridized carbons (Fsp3) is 0.154. The highest BCUT2D eigenvalue weighted by molar-refractivity contribution is 9.10. The molecule has 16 heavy (non-hydrogen) atoms. The summed E-state index contributed by atoms with van der Waals surface area (Å²) in [6.45, 7) is 1.04. The minimum absolute atomic E-state index is 1.02. The number of para-hydroxylation sites is 1. The molecule has 3 rings (SSSR count). The molecule has 0 fully saturated rings. The van der Waals surface area contributed by atoms with Crippen LogP contribution in [-0.4, -0.2) is 11.5 Å². The molecule has 1 aromatic heterocycles. The molecule has 0 saturated heterocycles. The van der Waals surface area contributed by atoms with Crippen molar-refractivity contribution in [2.45, 2.75) is 6.42 Å². The van der Waals surface area contributed by atoms with E-state index in [1.165, 1.54) is 11.3 Å². The van der Waals surface area contributed by atoms with Crippen LogP contribution in [0.15, 0.2) is 47.2 Å². The lowest BCUT2D eigenvalue weighted by Crippen LogP contribution is -2.13. The van der Waals surface area contributed by atoms with Gasteiger partial charge in [-0.2, -0.15) is 0 Å². The van der Waals surface area contributed by atoms with Gasteiger partial charge in [0.25, 0.3) is 0 Å². The molecule has 1 aliphatic rings. The van der Waals surface area contributed by atoms with Gasteiger partial charge in [0.1, 0.15) is 0 Å². The molecule has 0 atom stereocenters. The highest BCUT2D eigenvalue weighted by atomic mass is 79.9. The minimum atomic E-state index is 1.02. The molecule has 0 aliphatic carbocycles. The first-order valence-corrected chi connectivity index (χ1v) is 6.10. The lowest BCUT2D eigenvalue weighted by Gasteiger charge is -2.19. The molecule has 80 valence electrons. The number of rotatable bonds is 1. The third kappa shape index (κ3) is 1.61. The van der Waals surface area contributed by atoms with E-state index in [0.29, 0.717) is 0 Å². The first-order valence-electron chi connectivity index (χ1n) is 5.30. The maximum Gasteiger partial charge on any atom is 0.0608 e. The van der Waals surface area contributed by atoms with E-state index in [4.69, 9.17) is 0 Å². The van der Waals surface area contributed by atoms with Crippen LogP contribution < -0.4 is 4.90 Å². The molecule has 2 nitrogen and oxygen atoms in total. The summed E-state index contributed by atoms with van der Waals surface area (Å²) in [6.07, 6.45) is 4.83. The number of fused-ring (bicyclic) bond motifs is 1. The number of halogens is 1. The van der Waals surface area contributed by atoms with E-state index in [1.807, 2.05) is 12.4 Å². The van der Waals surface area contributed by atoms with E-state index in [1.54, 1.807) is 0 Å². The van der Waals surface area contributed by atoms with E-state index >= 15 is 0 Å². The molecule has 3 heteroatoms. The monoisotopic (exact) mass is 274 g/mol. The fourth-order valence-corrected chi connectivity index (χ4v) is 2.51. The maximum atomic E-state index is 4.21. The van der Waals surface area contributed by atoms with Crippen LogP contribution in [0, 0.1) is 0 Å². The van der Waals surface area contributed by atoms with Crippen molar-refractivity contribution in [1.29, 1.82) is 0 Å². The van der Waals surface area contributed by atoms with Crippen LogP contribution in [-0.2, 0) is 6.42 Å². The average molecular weight is 275 g/mol. The summed E-state index contributed by atoms with van der Waals surface area (Å²) >= 11 is 3.46. The molecule has 0 amide bonds. The smallest absolute Gasteiger partial charge is 0.0608 e. The van der Waals surface area contributed by atoms with E-state index < -0.39 is 0 Å². The summed E-state index contributed by atoms with van der Waals surface area (Å²) in [4.78, 5) is 6.53. The van der Waals surface area contributed by atoms with Crippen molar-refractivity contribution in [3.8, 4) is 0 Å². The first-order chi connectivity index (χ1) is 7.84. The third-order valence-electron chi connectivity index (χ3n) is 2.89. The van der Waals surface area contributed by atoms with Crippen molar-refractivity contribution < 1.29 is 0 Å². The molecule has 0 N–H and O–H groups in total. The summed E-state index contributed by atoms with van der Waals surface area (Å²) in [5, 5.41) is 0. The molecule has 2 heterocycles. The zero-order chi connectivity index (χ0) is 11.0. The van der Waals surface area contributed by atoms with Crippen LogP contribution in [0.25, 0.3) is 0 Å². The number of benzene rings is 1. The summed E-state index contributed by atoms with van der Waals surface area (Å²) < 4.78 is 1.02. The van der Waals surface area contributed by atoms with Crippen LogP contribution in [0.1, 0.15) is 5.56 Å². The average Bonchev–Trinajstić information content (AvgIpc) is 2.72. The lowest BCUT2D eigenvalue weighted by molar-refractivity contribution is 0.992. The molecule has 0 radical (unpaired) electrons. The van der Waals surface area contributed by atoms with Crippen LogP contribution in [0.3, 0.4) is 0 Å². The number of hydrogen-bond donors (Lipinski definition) is 0. The number of anilines is 2. The van der Waals surface area contributed by atoms with Crippen molar-refractivity contribution in [2.75, 3.05) is 11.4 Å². The van der Waals surface area contributed by atoms with Gasteiger partial charge < -0.3 is 4.90 Å². The van der Waals surface area contributed by atoms with Gasteiger partial charge >= 0.3 is 0 Å². The molecule has 0 bridgehead atoms. The van der Waals surface area contributed by atoms with Crippen molar-refractivity contribution in [3.05, 3.63) is 52.8 Å². The van der Waals surface area contributed by atoms with Gasteiger partial charge in [0.2, 0.25) is 0 Å². The van der Waals surface area contributed by atoms with Gasteiger partial charge in [0.05, 0.1) is 11.9 Å². The van der Waals surface area contributed by atoms with Gasteiger partial charge in [0.15, 0.2) is 0 Å². The van der Waals surface area contributed by atoms with Gasteiger partial charge in [-0.25, -0.2) is 0 Å². The summed E-state index contributed by atoms with van der Waals surface area (Å²) in [6, 6.07) is 10.7. The van der Waals surface area contributed by atoms with E-state index in [9.17, 15) is 0 Å². The minimum Gasteiger partial charge on any atom is -0.340 e. The largest absolute Gasteiger partial charge is 0.340 e. The summed E-state index contributed by atoms with van der Waals surface area (Å²) in [5.41, 5.74) is 3.88. The molecule has 0 spiro atoms. The highest BCUT2D eigenvalue weighted by Gasteiger charge is 2.19. The van der Waals surface area contributed by atoms with Crippen LogP contribution in [0.5, 0.6) is 0 Å². The molecule has 0 saturated carbocycles. The maximum absolute atomic E-state index is 4.21. The number of hydrogen-bond acceptors (Lipinski definition) is 2. The standard InChI is InChI=1S/C13H11BrN2/c14-11-7-12(9-15-8-11)16-6-5-10-3-1-2-4-13(10)16/h1-4,7-9H,5-6H2.